The predicted octanol–water partition coefficient (Wildman–Crippen LogP) is 3.47. The van der Waals surface area contributed by atoms with Crippen molar-refractivity contribution in [3.05, 3.63) is 0 Å². The normalized spacial score (nSPS) is 15.8. The van der Waals surface area contributed by atoms with Crippen LogP contribution in [0.1, 0.15) is 60.8 Å². The number of alkyl halides is 3. The molecule has 0 aliphatic rings. The molecule has 1 amide bonds. The summed E-state index contributed by atoms with van der Waals surface area (Å²) in [6, 6.07) is 0. The smallest absolute Gasteiger partial charge is 0.391 e. The molecule has 0 aliphatic carbocycles. The van der Waals surface area contributed by atoms with E-state index in [1.807, 2.05) is 41.5 Å². The van der Waals surface area contributed by atoms with E-state index in [0.717, 1.165) is 0 Å². The Balaban J connectivity index is 4.66. The molecule has 0 aromatic rings. The van der Waals surface area contributed by atoms with Crippen LogP contribution in [0.5, 0.6) is 0 Å². The highest BCUT2D eigenvalue weighted by Gasteiger charge is 2.38. The molecule has 0 aliphatic heterocycles. The third kappa shape index (κ3) is 9.25. The van der Waals surface area contributed by atoms with Crippen molar-refractivity contribution in [3.8, 4) is 0 Å². The summed E-state index contributed by atoms with van der Waals surface area (Å²) in [7, 11) is 0. The zero-order chi connectivity index (χ0) is 19.3. The van der Waals surface area contributed by atoms with Gasteiger partial charge in [-0.15, -0.1) is 0 Å². The van der Waals surface area contributed by atoms with Crippen molar-refractivity contribution in [1.29, 1.82) is 0 Å². The maximum Gasteiger partial charge on any atom is 0.471 e. The Bertz CT molecular complexity index is 434. The SMILES string of the molecule is CC(C)(C)C[C@@H](CCC(O)CNC(=O)C(F)(F)F)C(=O)C(C)(C)C. The summed E-state index contributed by atoms with van der Waals surface area (Å²) >= 11 is 0. The van der Waals surface area contributed by atoms with Gasteiger partial charge in [-0.1, -0.05) is 41.5 Å². The van der Waals surface area contributed by atoms with Crippen LogP contribution >= 0.6 is 0 Å². The Morgan fingerprint density at radius 3 is 1.88 bits per heavy atom. The van der Waals surface area contributed by atoms with Crippen molar-refractivity contribution in [2.45, 2.75) is 73.1 Å². The number of hydrogen-bond acceptors (Lipinski definition) is 3. The predicted molar refractivity (Wildman–Crippen MR) is 86.3 cm³/mol. The number of nitrogens with one attached hydrogen (secondary N) is 1. The monoisotopic (exact) mass is 353 g/mol. The molecule has 1 unspecified atom stereocenters. The van der Waals surface area contributed by atoms with Gasteiger partial charge in [-0.05, 0) is 24.7 Å². The number of carbonyl (C=O) groups is 2. The van der Waals surface area contributed by atoms with Crippen LogP contribution < -0.4 is 5.32 Å². The van der Waals surface area contributed by atoms with E-state index < -0.39 is 30.1 Å². The summed E-state index contributed by atoms with van der Waals surface area (Å²) < 4.78 is 36.3. The third-order valence-electron chi connectivity index (χ3n) is 3.57. The molecule has 0 spiro atoms. The van der Waals surface area contributed by atoms with Gasteiger partial charge >= 0.3 is 12.1 Å². The molecule has 0 bridgehead atoms. The zero-order valence-corrected chi connectivity index (χ0v) is 15.4. The molecule has 7 heteroatoms. The maximum absolute atomic E-state index is 12.6. The number of carbonyl (C=O) groups excluding carboxylic acids is 2. The Morgan fingerprint density at radius 2 is 1.50 bits per heavy atom. The summed E-state index contributed by atoms with van der Waals surface area (Å²) in [5, 5.41) is 11.5. The quantitative estimate of drug-likeness (QED) is 0.736. The number of Topliss-reactive ketones (excluding diaryl/α,β-unsaturated/α-hetero) is 1. The van der Waals surface area contributed by atoms with Crippen LogP contribution in [-0.2, 0) is 9.59 Å². The maximum atomic E-state index is 12.6. The zero-order valence-electron chi connectivity index (χ0n) is 15.4. The molecule has 0 aromatic carbocycles. The summed E-state index contributed by atoms with van der Waals surface area (Å²) in [5.41, 5.74) is -0.605. The minimum absolute atomic E-state index is 0.0731. The van der Waals surface area contributed by atoms with Crippen LogP contribution in [0.2, 0.25) is 0 Å². The lowest BCUT2D eigenvalue weighted by atomic mass is 9.74. The van der Waals surface area contributed by atoms with E-state index in [-0.39, 0.29) is 23.5 Å². The lowest BCUT2D eigenvalue weighted by Gasteiger charge is -2.30. The lowest BCUT2D eigenvalue weighted by molar-refractivity contribution is -0.174. The minimum Gasteiger partial charge on any atom is -0.391 e. The summed E-state index contributed by atoms with van der Waals surface area (Å²) in [5.74, 6) is -2.28. The first-order valence-electron chi connectivity index (χ1n) is 8.11. The Kier molecular flexibility index (Phi) is 7.93. The molecule has 0 aromatic heterocycles. The van der Waals surface area contributed by atoms with Gasteiger partial charge in [0.15, 0.2) is 0 Å². The van der Waals surface area contributed by atoms with Gasteiger partial charge < -0.3 is 10.4 Å². The van der Waals surface area contributed by atoms with Gasteiger partial charge in [-0.3, -0.25) is 9.59 Å². The molecular weight excluding hydrogens is 323 g/mol. The number of ketones is 1. The second kappa shape index (κ2) is 8.32. The first-order chi connectivity index (χ1) is 10.5. The third-order valence-corrected chi connectivity index (χ3v) is 3.57. The van der Waals surface area contributed by atoms with Crippen LogP contribution in [0.4, 0.5) is 13.2 Å². The molecular formula is C17H30F3NO3. The van der Waals surface area contributed by atoms with Crippen LogP contribution in [0.25, 0.3) is 0 Å². The number of rotatable bonds is 7. The van der Waals surface area contributed by atoms with Crippen molar-refractivity contribution < 1.29 is 27.9 Å². The van der Waals surface area contributed by atoms with Gasteiger partial charge in [0, 0.05) is 17.9 Å². The molecule has 0 saturated heterocycles. The van der Waals surface area contributed by atoms with Crippen LogP contribution in [0, 0.1) is 16.7 Å². The average Bonchev–Trinajstić information content (AvgIpc) is 2.36. The van der Waals surface area contributed by atoms with Crippen molar-refractivity contribution in [1.82, 2.24) is 5.32 Å². The van der Waals surface area contributed by atoms with E-state index in [0.29, 0.717) is 12.8 Å². The second-order valence-corrected chi connectivity index (χ2v) is 8.51. The van der Waals surface area contributed by atoms with Crippen molar-refractivity contribution in [2.24, 2.45) is 16.7 Å². The standard InChI is InChI=1S/C17H30F3NO3/c1-15(2,3)9-11(13(23)16(4,5)6)7-8-12(22)10-21-14(24)17(18,19)20/h11-12,22H,7-10H2,1-6H3,(H,21,24)/t11-,12?/m1/s1. The number of hydrogen-bond donors (Lipinski definition) is 2. The summed E-state index contributed by atoms with van der Waals surface area (Å²) in [6.45, 7) is 11.0. The molecule has 0 rings (SSSR count). The molecule has 142 valence electrons. The van der Waals surface area contributed by atoms with Crippen LogP contribution in [0.15, 0.2) is 0 Å². The molecule has 2 atom stereocenters. The summed E-state index contributed by atoms with van der Waals surface area (Å²) in [6.07, 6.45) is -4.93. The van der Waals surface area contributed by atoms with E-state index in [9.17, 15) is 27.9 Å². The molecule has 4 nitrogen and oxygen atoms in total. The summed E-state index contributed by atoms with van der Waals surface area (Å²) in [4.78, 5) is 23.3. The van der Waals surface area contributed by atoms with Crippen LogP contribution in [0.3, 0.4) is 0 Å². The fraction of sp³-hybridized carbons (Fsp3) is 0.882. The van der Waals surface area contributed by atoms with Crippen molar-refractivity contribution in [3.63, 3.8) is 0 Å². The van der Waals surface area contributed by atoms with Crippen LogP contribution in [-0.4, -0.2) is 35.6 Å². The van der Waals surface area contributed by atoms with E-state index in [1.165, 1.54) is 0 Å². The van der Waals surface area contributed by atoms with E-state index in [1.54, 1.807) is 5.32 Å². The average molecular weight is 353 g/mol. The minimum atomic E-state index is -4.96. The van der Waals surface area contributed by atoms with Gasteiger partial charge in [0.1, 0.15) is 5.78 Å². The molecule has 2 N–H and O–H groups in total. The number of aliphatic hydroxyl groups excluding tert-OH is 1. The van der Waals surface area contributed by atoms with Gasteiger partial charge in [-0.25, -0.2) is 0 Å². The largest absolute Gasteiger partial charge is 0.471 e. The lowest BCUT2D eigenvalue weighted by Crippen LogP contribution is -2.41. The van der Waals surface area contributed by atoms with Gasteiger partial charge in [-0.2, -0.15) is 13.2 Å². The first kappa shape index (κ1) is 22.9. The number of halogens is 3. The Hall–Kier alpha value is -1.11. The highest BCUT2D eigenvalue weighted by atomic mass is 19.4. The fourth-order valence-corrected chi connectivity index (χ4v) is 2.48. The van der Waals surface area contributed by atoms with Crippen molar-refractivity contribution in [2.75, 3.05) is 6.54 Å². The number of aliphatic hydroxyl groups is 1. The van der Waals surface area contributed by atoms with Crippen molar-refractivity contribution >= 4 is 11.7 Å². The molecule has 0 saturated carbocycles. The first-order valence-corrected chi connectivity index (χ1v) is 8.11. The Morgan fingerprint density at radius 1 is 1.00 bits per heavy atom. The number of amides is 1. The topological polar surface area (TPSA) is 66.4 Å². The van der Waals surface area contributed by atoms with Gasteiger partial charge in [0.2, 0.25) is 0 Å². The van der Waals surface area contributed by atoms with Gasteiger partial charge in [0.05, 0.1) is 6.10 Å². The molecule has 0 radical (unpaired) electrons. The second-order valence-electron chi connectivity index (χ2n) is 8.51. The van der Waals surface area contributed by atoms with E-state index >= 15 is 0 Å². The van der Waals surface area contributed by atoms with E-state index in [2.05, 4.69) is 0 Å². The highest BCUT2D eigenvalue weighted by Crippen LogP contribution is 2.33. The Labute approximate surface area is 142 Å². The fourth-order valence-electron chi connectivity index (χ4n) is 2.48. The molecule has 0 heterocycles. The van der Waals surface area contributed by atoms with Gasteiger partial charge in [0.25, 0.3) is 0 Å². The molecule has 24 heavy (non-hydrogen) atoms. The highest BCUT2D eigenvalue weighted by molar-refractivity contribution is 5.86. The molecule has 0 fully saturated rings. The van der Waals surface area contributed by atoms with E-state index in [4.69, 9.17) is 0 Å².